The molecule has 0 aliphatic carbocycles. The smallest absolute Gasteiger partial charge is 0.291 e. The second-order valence-corrected chi connectivity index (χ2v) is 9.21. The lowest BCUT2D eigenvalue weighted by atomic mass is 10.1. The zero-order valence-electron chi connectivity index (χ0n) is 19.7. The maximum atomic E-state index is 14.7. The molecule has 0 spiro atoms. The monoisotopic (exact) mass is 509 g/mol. The molecule has 0 N–H and O–H groups in total. The zero-order chi connectivity index (χ0) is 25.4. The quantitative estimate of drug-likeness (QED) is 0.324. The van der Waals surface area contributed by atoms with Crippen LogP contribution in [0.2, 0.25) is 0 Å². The average Bonchev–Trinajstić information content (AvgIpc) is 3.62. The third-order valence-electron chi connectivity index (χ3n) is 5.77. The largest absolute Gasteiger partial charge is 0.491 e. The van der Waals surface area contributed by atoms with E-state index in [0.29, 0.717) is 38.7 Å². The third kappa shape index (κ3) is 4.30. The Bertz CT molecular complexity index is 1830. The fourth-order valence-electron chi connectivity index (χ4n) is 4.04. The third-order valence-corrected chi connectivity index (χ3v) is 6.73. The van der Waals surface area contributed by atoms with Crippen molar-refractivity contribution >= 4 is 22.4 Å². The van der Waals surface area contributed by atoms with Gasteiger partial charge in [0.05, 0.1) is 16.8 Å². The molecule has 0 atom stereocenters. The van der Waals surface area contributed by atoms with Gasteiger partial charge in [0, 0.05) is 22.9 Å². The number of thiazole rings is 1. The van der Waals surface area contributed by atoms with Crippen molar-refractivity contribution < 1.29 is 9.13 Å². The van der Waals surface area contributed by atoms with Gasteiger partial charge in [-0.2, -0.15) is 14.6 Å². The van der Waals surface area contributed by atoms with Crippen molar-refractivity contribution in [1.82, 2.24) is 24.4 Å². The molecule has 6 rings (SSSR count). The van der Waals surface area contributed by atoms with Crippen LogP contribution in [0.4, 0.5) is 4.39 Å². The Morgan fingerprint density at radius 3 is 2.43 bits per heavy atom. The summed E-state index contributed by atoms with van der Waals surface area (Å²) < 4.78 is 23.5. The van der Waals surface area contributed by atoms with Crippen molar-refractivity contribution in [2.45, 2.75) is 6.92 Å². The van der Waals surface area contributed by atoms with E-state index < -0.39 is 5.82 Å². The summed E-state index contributed by atoms with van der Waals surface area (Å²) in [6.07, 6.45) is 3.57. The van der Waals surface area contributed by atoms with Crippen molar-refractivity contribution in [3.05, 3.63) is 111 Å². The fourth-order valence-corrected chi connectivity index (χ4v) is 4.93. The van der Waals surface area contributed by atoms with Crippen molar-refractivity contribution in [3.8, 4) is 34.1 Å². The molecule has 3 aromatic carbocycles. The highest BCUT2D eigenvalue weighted by Crippen LogP contribution is 2.28. The van der Waals surface area contributed by atoms with Gasteiger partial charge in [-0.3, -0.25) is 4.79 Å². The average molecular weight is 510 g/mol. The molecule has 6 aromatic rings. The van der Waals surface area contributed by atoms with Crippen LogP contribution in [0.5, 0.6) is 5.75 Å². The number of fused-ring (bicyclic) bond motifs is 1. The molecule has 0 fully saturated rings. The lowest BCUT2D eigenvalue weighted by molar-refractivity contribution is 0.321. The number of halogens is 1. The Kier molecular flexibility index (Phi) is 5.82. The van der Waals surface area contributed by atoms with Crippen molar-refractivity contribution in [2.75, 3.05) is 6.61 Å². The van der Waals surface area contributed by atoms with E-state index in [4.69, 9.17) is 9.84 Å². The molecule has 0 radical (unpaired) electrons. The molecule has 9 heteroatoms. The molecule has 7 nitrogen and oxygen atoms in total. The summed E-state index contributed by atoms with van der Waals surface area (Å²) in [5.41, 5.74) is 3.18. The van der Waals surface area contributed by atoms with E-state index >= 15 is 0 Å². The molecule has 0 saturated carbocycles. The van der Waals surface area contributed by atoms with Crippen LogP contribution < -0.4 is 14.8 Å². The van der Waals surface area contributed by atoms with E-state index in [1.54, 1.807) is 29.8 Å². The standard InChI is InChI=1S/C28H20FN5O2S/c1-2-36-23-14-13-19(15-22(23)29)25-20(17-33(31-25)21-11-7-4-8-12-21)16-24-27(35)34-28(37-24)30-26(32-34)18-9-5-3-6-10-18/h3-17H,2H2,1H3/b24-16-. The maximum absolute atomic E-state index is 14.7. The predicted octanol–water partition coefficient (Wildman–Crippen LogP) is 4.76. The second-order valence-electron chi connectivity index (χ2n) is 8.20. The van der Waals surface area contributed by atoms with Gasteiger partial charge in [-0.15, -0.1) is 5.10 Å². The molecule has 0 saturated heterocycles. The van der Waals surface area contributed by atoms with E-state index in [2.05, 4.69) is 10.1 Å². The van der Waals surface area contributed by atoms with Gasteiger partial charge in [0.2, 0.25) is 4.96 Å². The molecule has 182 valence electrons. The van der Waals surface area contributed by atoms with Gasteiger partial charge >= 0.3 is 0 Å². The maximum Gasteiger partial charge on any atom is 0.291 e. The number of hydrogen-bond acceptors (Lipinski definition) is 6. The molecule has 3 aromatic heterocycles. The van der Waals surface area contributed by atoms with E-state index in [1.165, 1.54) is 21.9 Å². The van der Waals surface area contributed by atoms with Gasteiger partial charge in [-0.05, 0) is 43.3 Å². The molecule has 37 heavy (non-hydrogen) atoms. The van der Waals surface area contributed by atoms with Crippen molar-refractivity contribution in [3.63, 3.8) is 0 Å². The molecular formula is C28H20FN5O2S. The van der Waals surface area contributed by atoms with Gasteiger partial charge in [0.1, 0.15) is 5.69 Å². The SMILES string of the molecule is CCOc1ccc(-c2nn(-c3ccccc3)cc2/C=c2\sc3nc(-c4ccccc4)nn3c2=O)cc1F. The van der Waals surface area contributed by atoms with Gasteiger partial charge in [0.15, 0.2) is 17.4 Å². The van der Waals surface area contributed by atoms with Crippen molar-refractivity contribution in [2.24, 2.45) is 0 Å². The number of ether oxygens (including phenoxy) is 1. The van der Waals surface area contributed by atoms with Crippen LogP contribution in [0.3, 0.4) is 0 Å². The first kappa shape index (κ1) is 22.8. The Balaban J connectivity index is 1.48. The zero-order valence-corrected chi connectivity index (χ0v) is 20.5. The van der Waals surface area contributed by atoms with E-state index in [-0.39, 0.29) is 11.3 Å². The minimum atomic E-state index is -0.476. The second kappa shape index (κ2) is 9.44. The normalized spacial score (nSPS) is 11.9. The van der Waals surface area contributed by atoms with Gasteiger partial charge in [-0.1, -0.05) is 59.9 Å². The molecule has 0 aliphatic rings. The topological polar surface area (TPSA) is 74.3 Å². The minimum Gasteiger partial charge on any atom is -0.491 e. The predicted molar refractivity (Wildman–Crippen MR) is 141 cm³/mol. The molecule has 0 bridgehead atoms. The summed E-state index contributed by atoms with van der Waals surface area (Å²) in [6, 6.07) is 23.9. The van der Waals surface area contributed by atoms with Gasteiger partial charge in [-0.25, -0.2) is 9.07 Å². The first-order valence-corrected chi connectivity index (χ1v) is 12.5. The fraction of sp³-hybridized carbons (Fsp3) is 0.0714. The summed E-state index contributed by atoms with van der Waals surface area (Å²) >= 11 is 1.25. The molecule has 0 amide bonds. The number of para-hydroxylation sites is 1. The summed E-state index contributed by atoms with van der Waals surface area (Å²) in [4.78, 5) is 18.3. The Morgan fingerprint density at radius 2 is 1.73 bits per heavy atom. The number of nitrogens with zero attached hydrogens (tertiary/aromatic N) is 5. The lowest BCUT2D eigenvalue weighted by Gasteiger charge is -2.06. The van der Waals surface area contributed by atoms with Crippen LogP contribution in [-0.4, -0.2) is 31.0 Å². The number of benzene rings is 3. The van der Waals surface area contributed by atoms with E-state index in [9.17, 15) is 9.18 Å². The van der Waals surface area contributed by atoms with Crippen molar-refractivity contribution in [1.29, 1.82) is 0 Å². The lowest BCUT2D eigenvalue weighted by Crippen LogP contribution is -2.23. The van der Waals surface area contributed by atoms with E-state index in [1.807, 2.05) is 66.9 Å². The summed E-state index contributed by atoms with van der Waals surface area (Å²) in [5, 5.41) is 9.15. The highest BCUT2D eigenvalue weighted by atomic mass is 32.1. The van der Waals surface area contributed by atoms with Crippen LogP contribution in [0.15, 0.2) is 89.9 Å². The highest BCUT2D eigenvalue weighted by molar-refractivity contribution is 7.15. The number of aromatic nitrogens is 5. The van der Waals surface area contributed by atoms with Crippen LogP contribution in [0.25, 0.3) is 39.4 Å². The van der Waals surface area contributed by atoms with Gasteiger partial charge in [0.25, 0.3) is 5.56 Å². The Morgan fingerprint density at radius 1 is 0.973 bits per heavy atom. The van der Waals surface area contributed by atoms with E-state index in [0.717, 1.165) is 11.3 Å². The summed E-state index contributed by atoms with van der Waals surface area (Å²) in [5.74, 6) is 0.204. The number of hydrogen-bond donors (Lipinski definition) is 0. The highest BCUT2D eigenvalue weighted by Gasteiger charge is 2.16. The molecule has 3 heterocycles. The van der Waals surface area contributed by atoms with Crippen LogP contribution in [0, 0.1) is 5.82 Å². The first-order chi connectivity index (χ1) is 18.1. The van der Waals surface area contributed by atoms with Crippen LogP contribution in [0.1, 0.15) is 12.5 Å². The Labute approximate surface area is 214 Å². The summed E-state index contributed by atoms with van der Waals surface area (Å²) in [7, 11) is 0. The van der Waals surface area contributed by atoms with Crippen LogP contribution in [-0.2, 0) is 0 Å². The molecule has 0 aliphatic heterocycles. The molecular weight excluding hydrogens is 489 g/mol. The minimum absolute atomic E-state index is 0.181. The Hall–Kier alpha value is -4.63. The number of rotatable bonds is 6. The van der Waals surface area contributed by atoms with Gasteiger partial charge < -0.3 is 4.74 Å². The van der Waals surface area contributed by atoms with Crippen LogP contribution >= 0.6 is 11.3 Å². The summed E-state index contributed by atoms with van der Waals surface area (Å²) in [6.45, 7) is 2.17. The molecule has 0 unspecified atom stereocenters. The first-order valence-electron chi connectivity index (χ1n) is 11.7.